The first kappa shape index (κ1) is 22.0. The Morgan fingerprint density at radius 1 is 0.939 bits per heavy atom. The third-order valence-electron chi connectivity index (χ3n) is 5.67. The van der Waals surface area contributed by atoms with Crippen LogP contribution in [0.5, 0.6) is 11.5 Å². The summed E-state index contributed by atoms with van der Waals surface area (Å²) in [5, 5.41) is 20.2. The molecule has 2 N–H and O–H groups in total. The Balaban J connectivity index is 1.79. The van der Waals surface area contributed by atoms with E-state index in [1.165, 1.54) is 12.1 Å². The summed E-state index contributed by atoms with van der Waals surface area (Å²) in [7, 11) is 3.13. The minimum Gasteiger partial charge on any atom is -0.503 e. The maximum absolute atomic E-state index is 13.2. The first-order valence-electron chi connectivity index (χ1n) is 10.3. The maximum Gasteiger partial charge on any atom is 0.335 e. The van der Waals surface area contributed by atoms with E-state index in [1.807, 2.05) is 24.3 Å². The number of aromatic carboxylic acids is 1. The molecule has 1 heterocycles. The van der Waals surface area contributed by atoms with Gasteiger partial charge >= 0.3 is 5.97 Å². The number of aliphatic hydroxyl groups is 1. The summed E-state index contributed by atoms with van der Waals surface area (Å²) < 4.78 is 10.5. The van der Waals surface area contributed by atoms with Gasteiger partial charge in [0.15, 0.2) is 5.76 Å². The van der Waals surface area contributed by atoms with E-state index in [-0.39, 0.29) is 17.9 Å². The van der Waals surface area contributed by atoms with Gasteiger partial charge in [0, 0.05) is 12.1 Å². The number of aliphatic hydroxyl groups excluding tert-OH is 1. The molecule has 7 nitrogen and oxygen atoms in total. The minimum atomic E-state index is -1.04. The molecule has 0 unspecified atom stereocenters. The molecule has 0 saturated heterocycles. The fourth-order valence-corrected chi connectivity index (χ4v) is 4.00. The molecule has 0 fully saturated rings. The maximum atomic E-state index is 13.2. The zero-order valence-electron chi connectivity index (χ0n) is 18.2. The first-order chi connectivity index (χ1) is 15.9. The van der Waals surface area contributed by atoms with E-state index in [0.717, 1.165) is 5.56 Å². The Morgan fingerprint density at radius 3 is 2.21 bits per heavy atom. The number of hydrogen-bond acceptors (Lipinski definition) is 5. The van der Waals surface area contributed by atoms with Gasteiger partial charge in [-0.3, -0.25) is 4.79 Å². The number of amides is 1. The molecule has 0 bridgehead atoms. The van der Waals surface area contributed by atoms with Gasteiger partial charge in [-0.1, -0.05) is 36.4 Å². The zero-order valence-corrected chi connectivity index (χ0v) is 18.2. The van der Waals surface area contributed by atoms with Gasteiger partial charge in [-0.25, -0.2) is 4.79 Å². The van der Waals surface area contributed by atoms with Crippen molar-refractivity contribution in [2.75, 3.05) is 14.2 Å². The van der Waals surface area contributed by atoms with Crippen molar-refractivity contribution in [3.05, 3.63) is 101 Å². The van der Waals surface area contributed by atoms with Gasteiger partial charge in [0.05, 0.1) is 25.8 Å². The molecule has 1 aliphatic rings. The van der Waals surface area contributed by atoms with Crippen LogP contribution in [0.25, 0.3) is 5.57 Å². The molecule has 1 aliphatic heterocycles. The fourth-order valence-electron chi connectivity index (χ4n) is 4.00. The van der Waals surface area contributed by atoms with Crippen LogP contribution in [-0.4, -0.2) is 41.2 Å². The van der Waals surface area contributed by atoms with Gasteiger partial charge in [0.2, 0.25) is 0 Å². The van der Waals surface area contributed by atoms with Gasteiger partial charge in [0.1, 0.15) is 11.5 Å². The standard InChI is InChI=1S/C26H23NO6/c1-32-20-12-10-17(11-13-20)22-23(18-6-8-19(9-7-18)26(30)31)27(25(29)24(22)28)15-16-4-3-5-21(14-16)33-2/h3-14,23,28H,15H2,1-2H3,(H,30,31)/t23-/m0/s1. The SMILES string of the molecule is COc1ccc(C2=C(O)C(=O)N(Cc3cccc(OC)c3)[C@H]2c2ccc(C(=O)O)cc2)cc1. The Labute approximate surface area is 191 Å². The molecule has 168 valence electrons. The molecule has 0 aliphatic carbocycles. The number of carbonyl (C=O) groups excluding carboxylic acids is 1. The molecule has 7 heteroatoms. The van der Waals surface area contributed by atoms with E-state index in [9.17, 15) is 19.8 Å². The lowest BCUT2D eigenvalue weighted by molar-refractivity contribution is -0.130. The normalized spacial score (nSPS) is 15.6. The number of carboxylic acids is 1. The zero-order chi connectivity index (χ0) is 23.5. The molecule has 3 aromatic rings. The van der Waals surface area contributed by atoms with Gasteiger partial charge in [0.25, 0.3) is 5.91 Å². The lowest BCUT2D eigenvalue weighted by Gasteiger charge is -2.28. The second kappa shape index (κ2) is 9.08. The average Bonchev–Trinajstić information content (AvgIpc) is 3.09. The topological polar surface area (TPSA) is 96.3 Å². The van der Waals surface area contributed by atoms with Crippen LogP contribution in [0.4, 0.5) is 0 Å². The third-order valence-corrected chi connectivity index (χ3v) is 5.67. The highest BCUT2D eigenvalue weighted by Gasteiger charge is 2.41. The molecule has 0 aromatic heterocycles. The molecule has 0 radical (unpaired) electrons. The molecule has 0 saturated carbocycles. The van der Waals surface area contributed by atoms with Gasteiger partial charge in [-0.05, 0) is 53.1 Å². The van der Waals surface area contributed by atoms with Gasteiger partial charge in [-0.15, -0.1) is 0 Å². The first-order valence-corrected chi connectivity index (χ1v) is 10.3. The third kappa shape index (κ3) is 4.25. The molecular weight excluding hydrogens is 422 g/mol. The predicted octanol–water partition coefficient (Wildman–Crippen LogP) is 4.45. The van der Waals surface area contributed by atoms with Crippen LogP contribution in [0.1, 0.15) is 33.1 Å². The lowest BCUT2D eigenvalue weighted by Crippen LogP contribution is -2.29. The summed E-state index contributed by atoms with van der Waals surface area (Å²) in [5.74, 6) is -0.565. The number of carbonyl (C=O) groups is 2. The summed E-state index contributed by atoms with van der Waals surface area (Å²) in [5.41, 5.74) is 2.78. The van der Waals surface area contributed by atoms with Crippen LogP contribution in [0, 0.1) is 0 Å². The molecule has 0 spiro atoms. The molecule has 1 atom stereocenters. The fraction of sp³-hybridized carbons (Fsp3) is 0.154. The number of benzene rings is 3. The van der Waals surface area contributed by atoms with E-state index < -0.39 is 17.9 Å². The quantitative estimate of drug-likeness (QED) is 0.558. The van der Waals surface area contributed by atoms with Crippen molar-refractivity contribution < 1.29 is 29.3 Å². The van der Waals surface area contributed by atoms with Gasteiger partial charge in [-0.2, -0.15) is 0 Å². The Morgan fingerprint density at radius 2 is 1.61 bits per heavy atom. The Hall–Kier alpha value is -4.26. The van der Waals surface area contributed by atoms with Crippen LogP contribution in [0.3, 0.4) is 0 Å². The van der Waals surface area contributed by atoms with Crippen molar-refractivity contribution in [2.24, 2.45) is 0 Å². The number of carboxylic acid groups (broad SMARTS) is 1. The van der Waals surface area contributed by atoms with Crippen LogP contribution in [0.15, 0.2) is 78.6 Å². The largest absolute Gasteiger partial charge is 0.503 e. The molecule has 4 rings (SSSR count). The van der Waals surface area contributed by atoms with Crippen molar-refractivity contribution >= 4 is 17.4 Å². The Kier molecular flexibility index (Phi) is 6.04. The van der Waals surface area contributed by atoms with Crippen LogP contribution < -0.4 is 9.47 Å². The van der Waals surface area contributed by atoms with Crippen molar-refractivity contribution in [1.82, 2.24) is 4.90 Å². The van der Waals surface area contributed by atoms with Crippen LogP contribution in [-0.2, 0) is 11.3 Å². The number of methoxy groups -OCH3 is 2. The minimum absolute atomic E-state index is 0.140. The second-order valence-corrected chi connectivity index (χ2v) is 7.61. The van der Waals surface area contributed by atoms with E-state index in [1.54, 1.807) is 55.5 Å². The number of hydrogen-bond donors (Lipinski definition) is 2. The monoisotopic (exact) mass is 445 g/mol. The number of rotatable bonds is 7. The molecular formula is C26H23NO6. The second-order valence-electron chi connectivity index (χ2n) is 7.61. The average molecular weight is 445 g/mol. The molecule has 3 aromatic carbocycles. The number of nitrogens with zero attached hydrogens (tertiary/aromatic N) is 1. The molecule has 33 heavy (non-hydrogen) atoms. The smallest absolute Gasteiger partial charge is 0.335 e. The Bertz CT molecular complexity index is 1210. The van der Waals surface area contributed by atoms with Crippen molar-refractivity contribution in [3.8, 4) is 11.5 Å². The highest BCUT2D eigenvalue weighted by molar-refractivity contribution is 6.05. The summed E-state index contributed by atoms with van der Waals surface area (Å²) in [6.07, 6.45) is 0. The van der Waals surface area contributed by atoms with Crippen molar-refractivity contribution in [3.63, 3.8) is 0 Å². The van der Waals surface area contributed by atoms with Crippen molar-refractivity contribution in [2.45, 2.75) is 12.6 Å². The number of ether oxygens (including phenoxy) is 2. The van der Waals surface area contributed by atoms with E-state index in [4.69, 9.17) is 9.47 Å². The van der Waals surface area contributed by atoms with Crippen molar-refractivity contribution in [1.29, 1.82) is 0 Å². The summed E-state index contributed by atoms with van der Waals surface area (Å²) >= 11 is 0. The summed E-state index contributed by atoms with van der Waals surface area (Å²) in [4.78, 5) is 26.1. The van der Waals surface area contributed by atoms with Gasteiger partial charge < -0.3 is 24.6 Å². The van der Waals surface area contributed by atoms with Crippen LogP contribution in [0.2, 0.25) is 0 Å². The van der Waals surface area contributed by atoms with E-state index in [2.05, 4.69) is 0 Å². The van der Waals surface area contributed by atoms with E-state index in [0.29, 0.717) is 28.2 Å². The van der Waals surface area contributed by atoms with E-state index >= 15 is 0 Å². The molecule has 1 amide bonds. The summed E-state index contributed by atoms with van der Waals surface area (Å²) in [6.45, 7) is 0.227. The predicted molar refractivity (Wildman–Crippen MR) is 122 cm³/mol. The summed E-state index contributed by atoms with van der Waals surface area (Å²) in [6, 6.07) is 20.2. The lowest BCUT2D eigenvalue weighted by atomic mass is 9.92. The highest BCUT2D eigenvalue weighted by Crippen LogP contribution is 2.44. The highest BCUT2D eigenvalue weighted by atomic mass is 16.5. The van der Waals surface area contributed by atoms with Crippen LogP contribution >= 0.6 is 0 Å².